The molecule has 5 nitrogen and oxygen atoms in total. The maximum absolute atomic E-state index is 12.5. The van der Waals surface area contributed by atoms with Crippen LogP contribution in [0.15, 0.2) is 23.6 Å². The van der Waals surface area contributed by atoms with Gasteiger partial charge in [-0.3, -0.25) is 9.59 Å². The highest BCUT2D eigenvalue weighted by Gasteiger charge is 2.40. The maximum atomic E-state index is 12.5. The highest BCUT2D eigenvalue weighted by atomic mass is 35.5. The summed E-state index contributed by atoms with van der Waals surface area (Å²) in [6.07, 6.45) is -4.76. The summed E-state index contributed by atoms with van der Waals surface area (Å²) in [6.45, 7) is -1.63. The fourth-order valence-corrected chi connectivity index (χ4v) is 3.77. The Hall–Kier alpha value is -1.84. The molecule has 0 spiro atoms. The van der Waals surface area contributed by atoms with Gasteiger partial charge in [0.25, 0.3) is 0 Å². The first kappa shape index (κ1) is 19.9. The van der Waals surface area contributed by atoms with Gasteiger partial charge in [0.1, 0.15) is 6.54 Å². The number of carbonyl (C=O) groups is 2. The predicted molar refractivity (Wildman–Crippen MR) is 96.9 cm³/mol. The number of hydrogen-bond acceptors (Lipinski definition) is 4. The Labute approximate surface area is 166 Å². The van der Waals surface area contributed by atoms with E-state index in [0.29, 0.717) is 26.2 Å². The number of halogens is 5. The number of thiazole rings is 1. The van der Waals surface area contributed by atoms with Crippen molar-refractivity contribution in [3.8, 4) is 11.3 Å². The number of anilines is 1. The molecule has 0 bridgehead atoms. The van der Waals surface area contributed by atoms with E-state index in [1.807, 2.05) is 0 Å². The van der Waals surface area contributed by atoms with Gasteiger partial charge in [-0.15, -0.1) is 11.3 Å². The van der Waals surface area contributed by atoms with E-state index in [4.69, 9.17) is 23.2 Å². The van der Waals surface area contributed by atoms with Crippen molar-refractivity contribution in [3.05, 3.63) is 33.6 Å². The minimum Gasteiger partial charge on any atom is -0.333 e. The largest absolute Gasteiger partial charge is 0.406 e. The highest BCUT2D eigenvalue weighted by molar-refractivity contribution is 7.14. The molecule has 3 rings (SSSR count). The van der Waals surface area contributed by atoms with E-state index in [2.05, 4.69) is 10.3 Å². The molecular formula is C16H12Cl2F3N3O2S. The van der Waals surface area contributed by atoms with Gasteiger partial charge in [-0.1, -0.05) is 23.2 Å². The topological polar surface area (TPSA) is 62.3 Å². The molecule has 2 heterocycles. The molecule has 0 saturated carbocycles. The zero-order valence-corrected chi connectivity index (χ0v) is 15.8. The van der Waals surface area contributed by atoms with Gasteiger partial charge in [-0.05, 0) is 18.2 Å². The molecule has 1 aromatic heterocycles. The van der Waals surface area contributed by atoms with Crippen LogP contribution in [0.5, 0.6) is 0 Å². The molecule has 1 saturated heterocycles. The van der Waals surface area contributed by atoms with Gasteiger partial charge < -0.3 is 10.2 Å². The Morgan fingerprint density at radius 1 is 1.37 bits per heavy atom. The van der Waals surface area contributed by atoms with Crippen molar-refractivity contribution in [1.82, 2.24) is 9.88 Å². The summed E-state index contributed by atoms with van der Waals surface area (Å²) in [5.74, 6) is -2.11. The number of nitrogens with zero attached hydrogens (tertiary/aromatic N) is 2. The zero-order chi connectivity index (χ0) is 19.8. The average molecular weight is 438 g/mol. The van der Waals surface area contributed by atoms with Crippen LogP contribution < -0.4 is 5.32 Å². The third kappa shape index (κ3) is 4.91. The van der Waals surface area contributed by atoms with E-state index in [0.717, 1.165) is 11.3 Å². The van der Waals surface area contributed by atoms with E-state index in [-0.39, 0.29) is 18.1 Å². The number of likely N-dealkylation sites (tertiary alicyclic amines) is 1. The van der Waals surface area contributed by atoms with Crippen LogP contribution in [0, 0.1) is 5.92 Å². The molecule has 1 fully saturated rings. The molecule has 1 N–H and O–H groups in total. The van der Waals surface area contributed by atoms with Crippen molar-refractivity contribution >= 4 is 51.5 Å². The summed E-state index contributed by atoms with van der Waals surface area (Å²) >= 11 is 13.2. The number of rotatable bonds is 4. The van der Waals surface area contributed by atoms with Gasteiger partial charge in [0.15, 0.2) is 5.13 Å². The molecule has 0 radical (unpaired) electrons. The maximum Gasteiger partial charge on any atom is 0.406 e. The fraction of sp³-hybridized carbons (Fsp3) is 0.312. The molecule has 2 aromatic rings. The van der Waals surface area contributed by atoms with Crippen molar-refractivity contribution in [2.24, 2.45) is 5.92 Å². The van der Waals surface area contributed by atoms with Crippen LogP contribution in [0.2, 0.25) is 10.0 Å². The lowest BCUT2D eigenvalue weighted by Gasteiger charge is -2.18. The summed E-state index contributed by atoms with van der Waals surface area (Å²) in [5.41, 5.74) is 1.09. The first-order valence-corrected chi connectivity index (χ1v) is 9.32. The van der Waals surface area contributed by atoms with Gasteiger partial charge in [0.05, 0.1) is 16.6 Å². The number of nitrogens with one attached hydrogen (secondary N) is 1. The monoisotopic (exact) mass is 437 g/mol. The van der Waals surface area contributed by atoms with E-state index in [9.17, 15) is 22.8 Å². The molecule has 1 aliphatic rings. The normalized spacial score (nSPS) is 17.4. The quantitative estimate of drug-likeness (QED) is 0.767. The molecule has 27 heavy (non-hydrogen) atoms. The second-order valence-corrected chi connectivity index (χ2v) is 7.64. The molecular weight excluding hydrogens is 426 g/mol. The summed E-state index contributed by atoms with van der Waals surface area (Å²) in [4.78, 5) is 28.9. The first-order chi connectivity index (χ1) is 12.6. The van der Waals surface area contributed by atoms with E-state index in [1.165, 1.54) is 0 Å². The second-order valence-electron chi connectivity index (χ2n) is 5.94. The molecule has 1 unspecified atom stereocenters. The lowest BCUT2D eigenvalue weighted by atomic mass is 10.1. The van der Waals surface area contributed by atoms with Crippen molar-refractivity contribution in [2.75, 3.05) is 18.4 Å². The van der Waals surface area contributed by atoms with Crippen LogP contribution in [0.4, 0.5) is 18.3 Å². The van der Waals surface area contributed by atoms with Crippen LogP contribution in [0.25, 0.3) is 11.3 Å². The van der Waals surface area contributed by atoms with Crippen LogP contribution in [0.3, 0.4) is 0 Å². The number of carbonyl (C=O) groups excluding carboxylic acids is 2. The summed E-state index contributed by atoms with van der Waals surface area (Å²) in [7, 11) is 0. The van der Waals surface area contributed by atoms with Gasteiger partial charge in [0, 0.05) is 28.9 Å². The smallest absolute Gasteiger partial charge is 0.333 e. The SMILES string of the molecule is O=C(Nc1nc(-c2cc(Cl)ccc2Cl)cs1)C1CC(=O)N(CC(F)(F)F)C1. The second kappa shape index (κ2) is 7.65. The van der Waals surface area contributed by atoms with Gasteiger partial charge in [-0.2, -0.15) is 13.2 Å². The number of aromatic nitrogens is 1. The third-order valence-electron chi connectivity index (χ3n) is 3.89. The molecule has 1 aromatic carbocycles. The molecule has 1 aliphatic heterocycles. The summed E-state index contributed by atoms with van der Waals surface area (Å²) in [5, 5.41) is 5.38. The van der Waals surface area contributed by atoms with Crippen molar-refractivity contribution < 1.29 is 22.8 Å². The minimum absolute atomic E-state index is 0.257. The number of amides is 2. The first-order valence-electron chi connectivity index (χ1n) is 7.69. The highest BCUT2D eigenvalue weighted by Crippen LogP contribution is 2.33. The number of hydrogen-bond donors (Lipinski definition) is 1. The lowest BCUT2D eigenvalue weighted by Crippen LogP contribution is -2.36. The molecule has 144 valence electrons. The van der Waals surface area contributed by atoms with Crippen LogP contribution in [-0.4, -0.2) is 41.0 Å². The Kier molecular flexibility index (Phi) is 5.64. The fourth-order valence-electron chi connectivity index (χ4n) is 2.67. The summed E-state index contributed by atoms with van der Waals surface area (Å²) < 4.78 is 37.4. The minimum atomic E-state index is -4.50. The zero-order valence-electron chi connectivity index (χ0n) is 13.5. The van der Waals surface area contributed by atoms with Crippen LogP contribution in [0.1, 0.15) is 6.42 Å². The van der Waals surface area contributed by atoms with Gasteiger partial charge in [-0.25, -0.2) is 4.98 Å². The molecule has 1 atom stereocenters. The van der Waals surface area contributed by atoms with Crippen molar-refractivity contribution in [2.45, 2.75) is 12.6 Å². The van der Waals surface area contributed by atoms with Crippen LogP contribution >= 0.6 is 34.5 Å². The number of benzene rings is 1. The third-order valence-corrected chi connectivity index (χ3v) is 5.22. The predicted octanol–water partition coefficient (Wildman–Crippen LogP) is 4.47. The Morgan fingerprint density at radius 3 is 2.81 bits per heavy atom. The summed E-state index contributed by atoms with van der Waals surface area (Å²) in [6, 6.07) is 4.89. The Morgan fingerprint density at radius 2 is 2.11 bits per heavy atom. The van der Waals surface area contributed by atoms with E-state index >= 15 is 0 Å². The molecule has 11 heteroatoms. The Balaban J connectivity index is 1.66. The average Bonchev–Trinajstić information content (AvgIpc) is 3.16. The van der Waals surface area contributed by atoms with E-state index < -0.39 is 30.5 Å². The van der Waals surface area contributed by atoms with Crippen molar-refractivity contribution in [3.63, 3.8) is 0 Å². The molecule has 0 aliphatic carbocycles. The van der Waals surface area contributed by atoms with Gasteiger partial charge in [0.2, 0.25) is 11.8 Å². The Bertz CT molecular complexity index is 888. The van der Waals surface area contributed by atoms with Crippen molar-refractivity contribution in [1.29, 1.82) is 0 Å². The lowest BCUT2D eigenvalue weighted by molar-refractivity contribution is -0.157. The van der Waals surface area contributed by atoms with Gasteiger partial charge >= 0.3 is 6.18 Å². The van der Waals surface area contributed by atoms with E-state index in [1.54, 1.807) is 23.6 Å². The standard InChI is InChI=1S/C16H12Cl2F3N3O2S/c17-9-1-2-11(18)10(4-9)12-6-27-15(22-12)23-14(26)8-3-13(25)24(5-8)7-16(19,20)21/h1-2,4,6,8H,3,5,7H2,(H,22,23,26). The number of alkyl halides is 3. The molecule has 2 amide bonds. The van der Waals surface area contributed by atoms with Crippen LogP contribution in [-0.2, 0) is 9.59 Å².